The molecular weight excluding hydrogens is 694 g/mol. The van der Waals surface area contributed by atoms with Gasteiger partial charge in [0.25, 0.3) is 0 Å². The first kappa shape index (κ1) is 31.8. The molecule has 6 rings (SSSR count). The van der Waals surface area contributed by atoms with Crippen molar-refractivity contribution in [3.8, 4) is 0 Å². The molecule has 0 bridgehead atoms. The van der Waals surface area contributed by atoms with E-state index in [0.717, 1.165) is 10.0 Å². The molecule has 2 atom stereocenters. The molecule has 0 spiro atoms. The first-order chi connectivity index (χ1) is 20.2. The number of benzene rings is 2. The van der Waals surface area contributed by atoms with Crippen LogP contribution in [0.3, 0.4) is 0 Å². The number of rotatable bonds is 4. The van der Waals surface area contributed by atoms with Gasteiger partial charge in [0.15, 0.2) is 0 Å². The summed E-state index contributed by atoms with van der Waals surface area (Å²) in [5.74, 6) is 0.368. The molecule has 2 aliphatic rings. The molecule has 0 saturated heterocycles. The van der Waals surface area contributed by atoms with Crippen molar-refractivity contribution in [2.75, 3.05) is 0 Å². The molecule has 4 aromatic carbocycles. The van der Waals surface area contributed by atoms with Crippen LogP contribution in [0.25, 0.3) is 12.2 Å². The molecule has 6 heteroatoms. The second-order valence-corrected chi connectivity index (χ2v) is 20.2. The summed E-state index contributed by atoms with van der Waals surface area (Å²) in [6, 6.07) is 21.6. The molecule has 2 unspecified atom stereocenters. The SMILES string of the molecule is Cc1[cH-]c2c(c1[Si](C)(C)c1c(C)[cH-]c3c1C(c1ccc(Cl)cc1)C=CC=C3)C(c1ccc(Cl)cc1)C=CC=C2.[Cl][Zr+2][Cl]. The van der Waals surface area contributed by atoms with E-state index in [4.69, 9.17) is 40.2 Å². The van der Waals surface area contributed by atoms with Crippen molar-refractivity contribution in [3.63, 3.8) is 0 Å². The number of hydrogen-bond donors (Lipinski definition) is 0. The Kier molecular flexibility index (Phi) is 10.3. The zero-order valence-electron chi connectivity index (χ0n) is 24.1. The van der Waals surface area contributed by atoms with Crippen molar-refractivity contribution in [1.29, 1.82) is 0 Å². The van der Waals surface area contributed by atoms with E-state index in [1.54, 1.807) is 10.4 Å². The fourth-order valence-electron chi connectivity index (χ4n) is 6.97. The molecule has 4 aromatic rings. The molecule has 0 nitrogen and oxygen atoms in total. The van der Waals surface area contributed by atoms with E-state index in [1.165, 1.54) is 44.5 Å². The zero-order valence-corrected chi connectivity index (χ0v) is 30.5. The monoisotopic (exact) mass is 722 g/mol. The Morgan fingerprint density at radius 1 is 0.619 bits per heavy atom. The van der Waals surface area contributed by atoms with Gasteiger partial charge in [0.05, 0.1) is 0 Å². The predicted molar refractivity (Wildman–Crippen MR) is 185 cm³/mol. The van der Waals surface area contributed by atoms with Crippen molar-refractivity contribution >= 4 is 70.8 Å². The predicted octanol–water partition coefficient (Wildman–Crippen LogP) is 10.7. The average molecular weight is 726 g/mol. The van der Waals surface area contributed by atoms with Crippen molar-refractivity contribution in [2.45, 2.75) is 38.8 Å². The van der Waals surface area contributed by atoms with Crippen LogP contribution in [0.5, 0.6) is 0 Å². The molecular formula is C36H32Cl4SiZr. The van der Waals surface area contributed by atoms with Crippen LogP contribution in [0, 0.1) is 13.8 Å². The molecule has 0 aliphatic heterocycles. The van der Waals surface area contributed by atoms with Gasteiger partial charge in [0.1, 0.15) is 0 Å². The van der Waals surface area contributed by atoms with Crippen LogP contribution >= 0.6 is 40.2 Å². The Labute approximate surface area is 279 Å². The van der Waals surface area contributed by atoms with Crippen molar-refractivity contribution in [1.82, 2.24) is 0 Å². The summed E-state index contributed by atoms with van der Waals surface area (Å²) in [7, 11) is 7.67. The third-order valence-corrected chi connectivity index (χ3v) is 12.7. The first-order valence-electron chi connectivity index (χ1n) is 14.0. The standard InChI is InChI=1S/C36H32Cl2Si.2ClH.Zr/c1-23-21-27-9-5-7-11-31(25-13-17-29(37)18-14-25)33(27)35(23)39(3,4)36-24(2)22-28-10-6-8-12-32(34(28)36)26-15-19-30(38)20-16-26;;;/h5-22,31-32H,1-4H3;2*1H;/q-2;;;+4/p-2. The summed E-state index contributed by atoms with van der Waals surface area (Å²) < 4.78 is 0. The van der Waals surface area contributed by atoms with Crippen LogP contribution in [-0.2, 0) is 20.8 Å². The molecule has 0 aromatic heterocycles. The average Bonchev–Trinajstić information content (AvgIpc) is 3.29. The van der Waals surface area contributed by atoms with Gasteiger partial charge in [-0.3, -0.25) is 0 Å². The zero-order chi connectivity index (χ0) is 30.0. The Hall–Kier alpha value is -1.64. The maximum atomic E-state index is 6.29. The summed E-state index contributed by atoms with van der Waals surface area (Å²) in [6.07, 6.45) is 18.0. The molecule has 0 heterocycles. The first-order valence-corrected chi connectivity index (χ1v) is 24.0. The van der Waals surface area contributed by atoms with Gasteiger partial charge in [-0.15, -0.1) is 58.7 Å². The number of hydrogen-bond acceptors (Lipinski definition) is 0. The van der Waals surface area contributed by atoms with E-state index in [-0.39, 0.29) is 11.8 Å². The summed E-state index contributed by atoms with van der Waals surface area (Å²) in [4.78, 5) is 0. The van der Waals surface area contributed by atoms with Crippen LogP contribution in [0.4, 0.5) is 0 Å². The molecule has 0 saturated carbocycles. The van der Waals surface area contributed by atoms with Gasteiger partial charge < -0.3 is 0 Å². The maximum absolute atomic E-state index is 6.29. The fourth-order valence-corrected chi connectivity index (χ4v) is 11.5. The minimum absolute atomic E-state index is 0.184. The summed E-state index contributed by atoms with van der Waals surface area (Å²) >= 11 is 11.7. The number of fused-ring (bicyclic) bond motifs is 2. The van der Waals surface area contributed by atoms with E-state index < -0.39 is 28.9 Å². The second-order valence-electron chi connectivity index (χ2n) is 11.4. The molecule has 0 N–H and O–H groups in total. The van der Waals surface area contributed by atoms with E-state index in [9.17, 15) is 0 Å². The summed E-state index contributed by atoms with van der Waals surface area (Å²) in [5, 5.41) is 4.65. The van der Waals surface area contributed by atoms with Gasteiger partial charge in [-0.05, 0) is 47.2 Å². The molecule has 212 valence electrons. The molecule has 0 fully saturated rings. The van der Waals surface area contributed by atoms with E-state index >= 15 is 0 Å². The number of allylic oxidation sites excluding steroid dienone is 6. The van der Waals surface area contributed by atoms with Gasteiger partial charge in [0, 0.05) is 18.1 Å². The summed E-state index contributed by atoms with van der Waals surface area (Å²) in [6.45, 7) is 9.71. The Morgan fingerprint density at radius 2 is 0.976 bits per heavy atom. The van der Waals surface area contributed by atoms with Crippen molar-refractivity contribution in [2.24, 2.45) is 0 Å². The third kappa shape index (κ3) is 6.28. The Balaban J connectivity index is 0.00000113. The molecule has 42 heavy (non-hydrogen) atoms. The quantitative estimate of drug-likeness (QED) is 0.145. The van der Waals surface area contributed by atoms with E-state index in [0.29, 0.717) is 0 Å². The normalized spacial score (nSPS) is 17.0. The molecule has 2 aliphatic carbocycles. The Bertz CT molecular complexity index is 1560. The van der Waals surface area contributed by atoms with Crippen LogP contribution in [0.15, 0.2) is 97.1 Å². The van der Waals surface area contributed by atoms with Gasteiger partial charge in [-0.1, -0.05) is 98.7 Å². The third-order valence-electron chi connectivity index (χ3n) is 8.40. The molecule has 0 radical (unpaired) electrons. The Morgan fingerprint density at radius 3 is 1.33 bits per heavy atom. The van der Waals surface area contributed by atoms with Gasteiger partial charge in [-0.25, -0.2) is 0 Å². The summed E-state index contributed by atoms with van der Waals surface area (Å²) in [5.41, 5.74) is 10.9. The topological polar surface area (TPSA) is 0 Å². The van der Waals surface area contributed by atoms with E-state index in [1.807, 2.05) is 24.3 Å². The van der Waals surface area contributed by atoms with Crippen LogP contribution < -0.4 is 10.4 Å². The second kappa shape index (κ2) is 13.6. The van der Waals surface area contributed by atoms with Gasteiger partial charge in [0.2, 0.25) is 0 Å². The van der Waals surface area contributed by atoms with Crippen LogP contribution in [0.1, 0.15) is 56.3 Å². The van der Waals surface area contributed by atoms with Gasteiger partial charge in [-0.2, -0.15) is 21.5 Å². The van der Waals surface area contributed by atoms with Crippen molar-refractivity contribution in [3.05, 3.63) is 152 Å². The van der Waals surface area contributed by atoms with Crippen molar-refractivity contribution < 1.29 is 20.8 Å². The van der Waals surface area contributed by atoms with Crippen LogP contribution in [-0.4, -0.2) is 8.07 Å². The van der Waals surface area contributed by atoms with Crippen LogP contribution in [0.2, 0.25) is 23.1 Å². The van der Waals surface area contributed by atoms with E-state index in [2.05, 4.69) is 112 Å². The van der Waals surface area contributed by atoms with Gasteiger partial charge >= 0.3 is 37.9 Å². The molecule has 0 amide bonds. The fraction of sp³-hybridized carbons (Fsp3) is 0.167. The minimum atomic E-state index is -2.20. The number of halogens is 4. The number of aryl methyl sites for hydroxylation is 2.